The van der Waals surface area contributed by atoms with Crippen molar-refractivity contribution in [2.75, 3.05) is 17.6 Å². The first kappa shape index (κ1) is 16.5. The predicted octanol–water partition coefficient (Wildman–Crippen LogP) is 3.73. The van der Waals surface area contributed by atoms with E-state index in [-0.39, 0.29) is 5.75 Å². The monoisotopic (exact) mass is 329 g/mol. The number of carboxylic acids is 1. The second kappa shape index (κ2) is 7.45. The summed E-state index contributed by atoms with van der Waals surface area (Å²) >= 11 is 2.66. The van der Waals surface area contributed by atoms with Gasteiger partial charge in [0.05, 0.1) is 5.75 Å². The van der Waals surface area contributed by atoms with E-state index >= 15 is 0 Å². The van der Waals surface area contributed by atoms with Crippen LogP contribution in [0.5, 0.6) is 0 Å². The fourth-order valence-electron chi connectivity index (χ4n) is 3.17. The van der Waals surface area contributed by atoms with Crippen molar-refractivity contribution in [1.29, 1.82) is 0 Å². The first-order valence-electron chi connectivity index (χ1n) is 7.41. The van der Waals surface area contributed by atoms with Crippen molar-refractivity contribution in [2.24, 2.45) is 11.3 Å². The van der Waals surface area contributed by atoms with Crippen LogP contribution in [0.15, 0.2) is 4.34 Å². The summed E-state index contributed by atoms with van der Waals surface area (Å²) in [5.41, 5.74) is 0.397. The molecule has 118 valence electrons. The fourth-order valence-corrected chi connectivity index (χ4v) is 4.64. The molecule has 1 aliphatic carbocycles. The highest BCUT2D eigenvalue weighted by Gasteiger charge is 2.34. The predicted molar refractivity (Wildman–Crippen MR) is 87.1 cm³/mol. The van der Waals surface area contributed by atoms with Crippen molar-refractivity contribution in [3.05, 3.63) is 0 Å². The molecular formula is C14H23N3O2S2. The van der Waals surface area contributed by atoms with E-state index in [4.69, 9.17) is 5.11 Å². The topological polar surface area (TPSA) is 75.1 Å². The molecule has 2 rings (SSSR count). The minimum atomic E-state index is -0.827. The standard InChI is InChI=1S/C14H23N3O2S2/c1-10(2)7-14(5-3-4-6-14)9-15-12-16-17-13(21-12)20-8-11(18)19/h10H,3-9H2,1-2H3,(H,15,16)(H,18,19). The second-order valence-corrected chi connectivity index (χ2v) is 8.41. The smallest absolute Gasteiger partial charge is 0.313 e. The van der Waals surface area contributed by atoms with Crippen molar-refractivity contribution in [1.82, 2.24) is 10.2 Å². The van der Waals surface area contributed by atoms with Crippen molar-refractivity contribution in [3.8, 4) is 0 Å². The summed E-state index contributed by atoms with van der Waals surface area (Å²) in [5, 5.41) is 21.0. The van der Waals surface area contributed by atoms with Gasteiger partial charge in [-0.2, -0.15) is 0 Å². The summed E-state index contributed by atoms with van der Waals surface area (Å²) in [6, 6.07) is 0. The average molecular weight is 329 g/mol. The summed E-state index contributed by atoms with van der Waals surface area (Å²) in [6.45, 7) is 5.51. The Hall–Kier alpha value is -0.820. The van der Waals surface area contributed by atoms with Gasteiger partial charge in [0.25, 0.3) is 0 Å². The van der Waals surface area contributed by atoms with Crippen LogP contribution in [0.2, 0.25) is 0 Å². The van der Waals surface area contributed by atoms with Gasteiger partial charge in [-0.05, 0) is 30.6 Å². The number of aromatic nitrogens is 2. The van der Waals surface area contributed by atoms with Crippen molar-refractivity contribution in [2.45, 2.75) is 50.3 Å². The molecule has 0 spiro atoms. The summed E-state index contributed by atoms with van der Waals surface area (Å²) in [6.07, 6.45) is 6.48. The number of carbonyl (C=O) groups is 1. The van der Waals surface area contributed by atoms with Gasteiger partial charge in [-0.1, -0.05) is 49.8 Å². The molecular weight excluding hydrogens is 306 g/mol. The highest BCUT2D eigenvalue weighted by atomic mass is 32.2. The van der Waals surface area contributed by atoms with E-state index in [1.54, 1.807) is 0 Å². The third kappa shape index (κ3) is 5.14. The Morgan fingerprint density at radius 3 is 2.76 bits per heavy atom. The van der Waals surface area contributed by atoms with Gasteiger partial charge in [0.15, 0.2) is 4.34 Å². The van der Waals surface area contributed by atoms with Crippen molar-refractivity contribution in [3.63, 3.8) is 0 Å². The lowest BCUT2D eigenvalue weighted by Gasteiger charge is -2.31. The lowest BCUT2D eigenvalue weighted by Crippen LogP contribution is -2.28. The molecule has 0 bridgehead atoms. The van der Waals surface area contributed by atoms with E-state index in [0.717, 1.165) is 11.7 Å². The first-order valence-corrected chi connectivity index (χ1v) is 9.21. The number of hydrogen-bond donors (Lipinski definition) is 2. The number of nitrogens with zero attached hydrogens (tertiary/aromatic N) is 2. The summed E-state index contributed by atoms with van der Waals surface area (Å²) < 4.78 is 0.712. The molecule has 0 saturated heterocycles. The van der Waals surface area contributed by atoms with E-state index < -0.39 is 5.97 Å². The maximum atomic E-state index is 10.5. The molecule has 0 radical (unpaired) electrons. The van der Waals surface area contributed by atoms with Crippen LogP contribution < -0.4 is 5.32 Å². The largest absolute Gasteiger partial charge is 0.481 e. The highest BCUT2D eigenvalue weighted by molar-refractivity contribution is 8.01. The molecule has 0 atom stereocenters. The lowest BCUT2D eigenvalue weighted by atomic mass is 9.78. The molecule has 0 unspecified atom stereocenters. The third-order valence-electron chi connectivity index (χ3n) is 3.85. The minimum absolute atomic E-state index is 0.0337. The van der Waals surface area contributed by atoms with Gasteiger partial charge < -0.3 is 10.4 Å². The van der Waals surface area contributed by atoms with E-state index in [0.29, 0.717) is 15.7 Å². The zero-order valence-corrected chi connectivity index (χ0v) is 14.2. The molecule has 1 aromatic rings. The zero-order chi connectivity index (χ0) is 15.3. The highest BCUT2D eigenvalue weighted by Crippen LogP contribution is 2.43. The van der Waals surface area contributed by atoms with Crippen LogP contribution in [0.25, 0.3) is 0 Å². The van der Waals surface area contributed by atoms with E-state index in [1.165, 1.54) is 55.2 Å². The van der Waals surface area contributed by atoms with Gasteiger partial charge in [-0.25, -0.2) is 0 Å². The second-order valence-electron chi connectivity index (χ2n) is 6.21. The summed E-state index contributed by atoms with van der Waals surface area (Å²) in [5.74, 6) is -0.0844. The van der Waals surface area contributed by atoms with Crippen LogP contribution >= 0.6 is 23.1 Å². The number of nitrogens with one attached hydrogen (secondary N) is 1. The molecule has 2 N–H and O–H groups in total. The van der Waals surface area contributed by atoms with Crippen LogP contribution in [-0.4, -0.2) is 33.6 Å². The number of carboxylic acid groups (broad SMARTS) is 1. The number of thioether (sulfide) groups is 1. The van der Waals surface area contributed by atoms with Crippen LogP contribution in [0.3, 0.4) is 0 Å². The molecule has 1 fully saturated rings. The summed E-state index contributed by atoms with van der Waals surface area (Å²) in [7, 11) is 0. The van der Waals surface area contributed by atoms with Gasteiger partial charge in [0.2, 0.25) is 5.13 Å². The van der Waals surface area contributed by atoms with Crippen molar-refractivity contribution < 1.29 is 9.90 Å². The van der Waals surface area contributed by atoms with E-state index in [2.05, 4.69) is 29.4 Å². The number of anilines is 1. The Kier molecular flexibility index (Phi) is 5.87. The zero-order valence-electron chi connectivity index (χ0n) is 12.6. The third-order valence-corrected chi connectivity index (χ3v) is 5.84. The quantitative estimate of drug-likeness (QED) is 0.708. The maximum absolute atomic E-state index is 10.5. The Morgan fingerprint density at radius 1 is 1.43 bits per heavy atom. The van der Waals surface area contributed by atoms with Crippen LogP contribution in [0.1, 0.15) is 46.0 Å². The molecule has 5 nitrogen and oxygen atoms in total. The maximum Gasteiger partial charge on any atom is 0.313 e. The van der Waals surface area contributed by atoms with Crippen LogP contribution in [0, 0.1) is 11.3 Å². The van der Waals surface area contributed by atoms with Gasteiger partial charge in [0.1, 0.15) is 0 Å². The average Bonchev–Trinajstić information content (AvgIpc) is 3.03. The molecule has 1 aliphatic rings. The molecule has 1 aromatic heterocycles. The normalized spacial score (nSPS) is 17.3. The van der Waals surface area contributed by atoms with Crippen LogP contribution in [-0.2, 0) is 4.79 Å². The Labute approximate surface area is 133 Å². The molecule has 7 heteroatoms. The number of rotatable bonds is 8. The SMILES string of the molecule is CC(C)CC1(CNc2nnc(SCC(=O)O)s2)CCCC1. The van der Waals surface area contributed by atoms with Crippen molar-refractivity contribution >= 4 is 34.2 Å². The molecule has 1 heterocycles. The molecule has 21 heavy (non-hydrogen) atoms. The van der Waals surface area contributed by atoms with Gasteiger partial charge in [-0.3, -0.25) is 4.79 Å². The van der Waals surface area contributed by atoms with E-state index in [1.807, 2.05) is 0 Å². The van der Waals surface area contributed by atoms with Gasteiger partial charge in [-0.15, -0.1) is 10.2 Å². The minimum Gasteiger partial charge on any atom is -0.481 e. The number of hydrogen-bond acceptors (Lipinski definition) is 6. The summed E-state index contributed by atoms with van der Waals surface area (Å²) in [4.78, 5) is 10.5. The Balaban J connectivity index is 1.87. The molecule has 1 saturated carbocycles. The van der Waals surface area contributed by atoms with Crippen LogP contribution in [0.4, 0.5) is 5.13 Å². The lowest BCUT2D eigenvalue weighted by molar-refractivity contribution is -0.133. The first-order chi connectivity index (χ1) is 9.99. The Bertz CT molecular complexity index is 471. The van der Waals surface area contributed by atoms with Gasteiger partial charge in [0, 0.05) is 6.54 Å². The number of aliphatic carboxylic acids is 1. The van der Waals surface area contributed by atoms with Gasteiger partial charge >= 0.3 is 5.97 Å². The fraction of sp³-hybridized carbons (Fsp3) is 0.786. The molecule has 0 amide bonds. The Morgan fingerprint density at radius 2 is 2.14 bits per heavy atom. The van der Waals surface area contributed by atoms with E-state index in [9.17, 15) is 4.79 Å². The molecule has 0 aliphatic heterocycles. The molecule has 0 aromatic carbocycles.